The summed E-state index contributed by atoms with van der Waals surface area (Å²) < 4.78 is 7.11. The summed E-state index contributed by atoms with van der Waals surface area (Å²) in [6.45, 7) is 0. The Morgan fingerprint density at radius 3 is 2.41 bits per heavy atom. The molecule has 32 heavy (non-hydrogen) atoms. The maximum absolute atomic E-state index is 6.19. The van der Waals surface area contributed by atoms with Crippen LogP contribution in [-0.2, 0) is 0 Å². The summed E-state index contributed by atoms with van der Waals surface area (Å²) in [5, 5.41) is 11.1. The summed E-state index contributed by atoms with van der Waals surface area (Å²) in [7, 11) is 0. The number of aromatic nitrogens is 4. The van der Waals surface area contributed by atoms with E-state index in [1.54, 1.807) is 11.3 Å². The van der Waals surface area contributed by atoms with E-state index in [9.17, 15) is 0 Å². The smallest absolute Gasteiger partial charge is 0.187 e. The van der Waals surface area contributed by atoms with Crippen molar-refractivity contribution >= 4 is 38.3 Å². The van der Waals surface area contributed by atoms with Gasteiger partial charge in [0.1, 0.15) is 17.3 Å². The van der Waals surface area contributed by atoms with Crippen LogP contribution in [0.4, 0.5) is 5.82 Å². The summed E-state index contributed by atoms with van der Waals surface area (Å²) >= 11 is 1.67. The molecule has 0 saturated carbocycles. The number of hydrogen-bond donors (Lipinski definition) is 2. The van der Waals surface area contributed by atoms with Gasteiger partial charge in [0, 0.05) is 26.6 Å². The molecule has 6 aromatic rings. The first-order valence-corrected chi connectivity index (χ1v) is 11.0. The molecular weight excluding hydrogens is 418 g/mol. The van der Waals surface area contributed by atoms with Crippen LogP contribution in [0.3, 0.4) is 0 Å². The van der Waals surface area contributed by atoms with Gasteiger partial charge in [-0.25, -0.2) is 9.97 Å². The Bertz CT molecular complexity index is 1550. The van der Waals surface area contributed by atoms with Crippen LogP contribution in [0.2, 0.25) is 0 Å². The highest BCUT2D eigenvalue weighted by Gasteiger charge is 2.18. The Morgan fingerprint density at radius 1 is 0.812 bits per heavy atom. The summed E-state index contributed by atoms with van der Waals surface area (Å²) in [5.74, 6) is 2.60. The van der Waals surface area contributed by atoms with Gasteiger partial charge in [0.05, 0.1) is 11.1 Å². The topological polar surface area (TPSA) is 89.7 Å². The van der Waals surface area contributed by atoms with Gasteiger partial charge >= 0.3 is 0 Å². The van der Waals surface area contributed by atoms with Gasteiger partial charge in [-0.2, -0.15) is 5.10 Å². The van der Waals surface area contributed by atoms with E-state index in [0.29, 0.717) is 22.7 Å². The number of nitrogens with two attached hydrogens (primary N) is 1. The van der Waals surface area contributed by atoms with Gasteiger partial charge < -0.3 is 10.5 Å². The number of nitrogens with one attached hydrogen (secondary N) is 1. The van der Waals surface area contributed by atoms with Crippen LogP contribution < -0.4 is 10.5 Å². The van der Waals surface area contributed by atoms with Crippen molar-refractivity contribution in [3.05, 3.63) is 84.2 Å². The molecule has 0 aliphatic heterocycles. The predicted octanol–water partition coefficient (Wildman–Crippen LogP) is 6.28. The van der Waals surface area contributed by atoms with Crippen LogP contribution in [0, 0.1) is 0 Å². The lowest BCUT2D eigenvalue weighted by Gasteiger charge is -2.09. The largest absolute Gasteiger partial charge is 0.457 e. The highest BCUT2D eigenvalue weighted by Crippen LogP contribution is 2.36. The number of fused-ring (bicyclic) bond motifs is 2. The summed E-state index contributed by atoms with van der Waals surface area (Å²) in [5.41, 5.74) is 9.36. The molecule has 0 aliphatic rings. The zero-order valence-corrected chi connectivity index (χ0v) is 17.6. The molecule has 3 aromatic carbocycles. The highest BCUT2D eigenvalue weighted by atomic mass is 32.1. The molecule has 3 heterocycles. The Kier molecular flexibility index (Phi) is 4.33. The molecule has 0 fully saturated rings. The first-order valence-electron chi connectivity index (χ1n) is 10.1. The minimum absolute atomic E-state index is 0.446. The van der Waals surface area contributed by atoms with Crippen LogP contribution in [0.1, 0.15) is 0 Å². The van der Waals surface area contributed by atoms with E-state index in [4.69, 9.17) is 20.4 Å². The van der Waals surface area contributed by atoms with Crippen LogP contribution in [-0.4, -0.2) is 20.2 Å². The number of nitrogen functional groups attached to an aromatic ring is 1. The molecule has 0 spiro atoms. The number of para-hydroxylation sites is 1. The summed E-state index contributed by atoms with van der Waals surface area (Å²) in [4.78, 5) is 9.62. The molecule has 0 bridgehead atoms. The third kappa shape index (κ3) is 3.16. The molecule has 0 saturated heterocycles. The fourth-order valence-electron chi connectivity index (χ4n) is 3.73. The second-order valence-corrected chi connectivity index (χ2v) is 8.23. The fourth-order valence-corrected chi connectivity index (χ4v) is 4.67. The molecule has 6 nitrogen and oxygen atoms in total. The molecule has 0 aliphatic carbocycles. The molecule has 3 N–H and O–H groups in total. The third-order valence-electron chi connectivity index (χ3n) is 5.27. The van der Waals surface area contributed by atoms with Gasteiger partial charge in [0.15, 0.2) is 11.5 Å². The van der Waals surface area contributed by atoms with Crippen LogP contribution in [0.25, 0.3) is 43.8 Å². The van der Waals surface area contributed by atoms with Crippen molar-refractivity contribution in [2.45, 2.75) is 0 Å². The van der Waals surface area contributed by atoms with Gasteiger partial charge in [-0.1, -0.05) is 36.4 Å². The Labute approximate surface area is 187 Å². The number of ether oxygens (including phenoxy) is 1. The summed E-state index contributed by atoms with van der Waals surface area (Å²) in [6, 6.07) is 25.7. The first-order chi connectivity index (χ1) is 15.8. The van der Waals surface area contributed by atoms with Crippen molar-refractivity contribution in [1.82, 2.24) is 20.2 Å². The number of hydrogen-bond acceptors (Lipinski definition) is 6. The average Bonchev–Trinajstić information content (AvgIpc) is 3.43. The lowest BCUT2D eigenvalue weighted by molar-refractivity contribution is 0.483. The van der Waals surface area contributed by atoms with Crippen LogP contribution in [0.5, 0.6) is 11.5 Å². The van der Waals surface area contributed by atoms with E-state index in [0.717, 1.165) is 33.7 Å². The van der Waals surface area contributed by atoms with Crippen molar-refractivity contribution in [2.75, 3.05) is 5.73 Å². The average molecular weight is 436 g/mol. The lowest BCUT2D eigenvalue weighted by Crippen LogP contribution is -1.95. The quantitative estimate of drug-likeness (QED) is 0.340. The maximum Gasteiger partial charge on any atom is 0.187 e. The summed E-state index contributed by atoms with van der Waals surface area (Å²) in [6.07, 6.45) is 0. The number of H-pyrrole nitrogens is 1. The first kappa shape index (κ1) is 18.5. The number of anilines is 1. The molecule has 0 radical (unpaired) electrons. The minimum atomic E-state index is 0.446. The van der Waals surface area contributed by atoms with Gasteiger partial charge in [0.2, 0.25) is 0 Å². The molecule has 154 valence electrons. The molecular formula is C25H17N5OS. The number of nitrogens with zero attached hydrogens (tertiary/aromatic N) is 3. The monoisotopic (exact) mass is 435 g/mol. The number of aromatic amines is 1. The second kappa shape index (κ2) is 7.47. The highest BCUT2D eigenvalue weighted by molar-refractivity contribution is 7.17. The Hall–Kier alpha value is -4.23. The van der Waals surface area contributed by atoms with Crippen molar-refractivity contribution in [3.63, 3.8) is 0 Å². The molecule has 3 aromatic heterocycles. The number of benzene rings is 3. The van der Waals surface area contributed by atoms with E-state index in [2.05, 4.69) is 27.7 Å². The third-order valence-corrected chi connectivity index (χ3v) is 6.23. The van der Waals surface area contributed by atoms with Crippen LogP contribution in [0.15, 0.2) is 84.2 Å². The molecule has 7 heteroatoms. The van der Waals surface area contributed by atoms with Gasteiger partial charge in [-0.05, 0) is 42.5 Å². The SMILES string of the molecule is Nc1[nH]nc2nc(-c3csc4ccccc34)nc(-c3ccc(Oc4ccccc4)cc3)c12. The number of thiophene rings is 1. The molecule has 6 rings (SSSR count). The van der Waals surface area contributed by atoms with E-state index in [1.165, 1.54) is 4.70 Å². The van der Waals surface area contributed by atoms with Crippen LogP contribution >= 0.6 is 11.3 Å². The normalized spacial score (nSPS) is 11.2. The Morgan fingerprint density at radius 2 is 1.56 bits per heavy atom. The van der Waals surface area contributed by atoms with Crippen molar-refractivity contribution in [3.8, 4) is 34.1 Å². The molecule has 0 atom stereocenters. The minimum Gasteiger partial charge on any atom is -0.457 e. The molecule has 0 amide bonds. The molecule has 0 unspecified atom stereocenters. The van der Waals surface area contributed by atoms with Crippen molar-refractivity contribution in [1.29, 1.82) is 0 Å². The standard InChI is InChI=1S/C25H17N5OS/c26-23-21-22(15-10-12-17(13-11-15)31-16-6-2-1-3-7-16)27-24(28-25(21)30-29-23)19-14-32-20-9-5-4-8-18(19)20/h1-14H,(H3,26,27,28,29,30). The zero-order chi connectivity index (χ0) is 21.5. The van der Waals surface area contributed by atoms with E-state index in [-0.39, 0.29) is 0 Å². The fraction of sp³-hybridized carbons (Fsp3) is 0. The zero-order valence-electron chi connectivity index (χ0n) is 16.8. The predicted molar refractivity (Wildman–Crippen MR) is 129 cm³/mol. The van der Waals surface area contributed by atoms with E-state index < -0.39 is 0 Å². The second-order valence-electron chi connectivity index (χ2n) is 7.32. The number of rotatable bonds is 4. The maximum atomic E-state index is 6.19. The van der Waals surface area contributed by atoms with Gasteiger partial charge in [-0.15, -0.1) is 11.3 Å². The van der Waals surface area contributed by atoms with Gasteiger partial charge in [-0.3, -0.25) is 5.10 Å². The lowest BCUT2D eigenvalue weighted by atomic mass is 10.1. The van der Waals surface area contributed by atoms with Crippen molar-refractivity contribution < 1.29 is 4.74 Å². The van der Waals surface area contributed by atoms with Gasteiger partial charge in [0.25, 0.3) is 0 Å². The van der Waals surface area contributed by atoms with E-state index in [1.807, 2.05) is 66.7 Å². The van der Waals surface area contributed by atoms with E-state index >= 15 is 0 Å². The van der Waals surface area contributed by atoms with Crippen molar-refractivity contribution in [2.24, 2.45) is 0 Å². The Balaban J connectivity index is 1.46.